The van der Waals surface area contributed by atoms with E-state index in [4.69, 9.17) is 0 Å². The smallest absolute Gasteiger partial charge is 0.264 e. The number of amides is 2. The number of hydrogen-bond donors (Lipinski definition) is 2. The second-order valence-electron chi connectivity index (χ2n) is 5.71. The SMILES string of the molecule is O=C1CCCc2cc(S(=O)(=O)NC(=O)C3CC3(F)F)ccc2N1. The molecule has 124 valence electrons. The van der Waals surface area contributed by atoms with Gasteiger partial charge in [-0.3, -0.25) is 9.59 Å². The van der Waals surface area contributed by atoms with Crippen LogP contribution >= 0.6 is 0 Å². The van der Waals surface area contributed by atoms with E-state index >= 15 is 0 Å². The summed E-state index contributed by atoms with van der Waals surface area (Å²) >= 11 is 0. The fraction of sp³-hybridized carbons (Fsp3) is 0.429. The first-order valence-electron chi connectivity index (χ1n) is 7.06. The Kier molecular flexibility index (Phi) is 3.62. The van der Waals surface area contributed by atoms with Crippen LogP contribution in [0.4, 0.5) is 14.5 Å². The number of sulfonamides is 1. The standard InChI is InChI=1S/C14H14F2N2O4S/c15-14(16)7-10(14)13(20)18-23(21,22)9-4-5-11-8(6-9)2-1-3-12(19)17-11/h4-6,10H,1-3,7H2,(H,17,19)(H,18,20). The Morgan fingerprint density at radius 1 is 1.30 bits per heavy atom. The fourth-order valence-corrected chi connectivity index (χ4v) is 3.55. The number of rotatable bonds is 3. The van der Waals surface area contributed by atoms with E-state index in [2.05, 4.69) is 5.32 Å². The number of carbonyl (C=O) groups excluding carboxylic acids is 2. The van der Waals surface area contributed by atoms with Crippen molar-refractivity contribution in [2.24, 2.45) is 5.92 Å². The van der Waals surface area contributed by atoms with Crippen LogP contribution in [0.15, 0.2) is 23.1 Å². The summed E-state index contributed by atoms with van der Waals surface area (Å²) in [6.45, 7) is 0. The van der Waals surface area contributed by atoms with E-state index in [-0.39, 0.29) is 10.8 Å². The Morgan fingerprint density at radius 2 is 2.00 bits per heavy atom. The highest BCUT2D eigenvalue weighted by Gasteiger charge is 2.61. The second kappa shape index (κ2) is 5.26. The zero-order valence-corrected chi connectivity index (χ0v) is 12.8. The molecule has 1 heterocycles. The van der Waals surface area contributed by atoms with Gasteiger partial charge in [0, 0.05) is 18.5 Å². The molecule has 1 aromatic carbocycles. The first kappa shape index (κ1) is 15.9. The van der Waals surface area contributed by atoms with Crippen LogP contribution < -0.4 is 10.0 Å². The van der Waals surface area contributed by atoms with Gasteiger partial charge in [-0.05, 0) is 36.6 Å². The van der Waals surface area contributed by atoms with Crippen LogP contribution in [0.1, 0.15) is 24.8 Å². The molecule has 23 heavy (non-hydrogen) atoms. The Bertz CT molecular complexity index is 792. The predicted octanol–water partition coefficient (Wildman–Crippen LogP) is 1.42. The average molecular weight is 344 g/mol. The highest BCUT2D eigenvalue weighted by molar-refractivity contribution is 7.90. The largest absolute Gasteiger partial charge is 0.326 e. The highest BCUT2D eigenvalue weighted by atomic mass is 32.2. The van der Waals surface area contributed by atoms with Gasteiger partial charge in [0.25, 0.3) is 15.9 Å². The van der Waals surface area contributed by atoms with Gasteiger partial charge in [-0.15, -0.1) is 0 Å². The molecule has 2 N–H and O–H groups in total. The van der Waals surface area contributed by atoms with Crippen molar-refractivity contribution in [2.45, 2.75) is 36.5 Å². The van der Waals surface area contributed by atoms with E-state index in [9.17, 15) is 26.8 Å². The van der Waals surface area contributed by atoms with Crippen molar-refractivity contribution in [3.05, 3.63) is 23.8 Å². The van der Waals surface area contributed by atoms with Crippen molar-refractivity contribution in [2.75, 3.05) is 5.32 Å². The summed E-state index contributed by atoms with van der Waals surface area (Å²) in [7, 11) is -4.22. The molecule has 9 heteroatoms. The first-order chi connectivity index (χ1) is 10.7. The molecule has 0 bridgehead atoms. The van der Waals surface area contributed by atoms with Crippen LogP contribution in [-0.2, 0) is 26.0 Å². The van der Waals surface area contributed by atoms with Crippen LogP contribution in [0, 0.1) is 5.92 Å². The average Bonchev–Trinajstić information content (AvgIpc) is 3.13. The Hall–Kier alpha value is -2.03. The van der Waals surface area contributed by atoms with Gasteiger partial charge in [-0.1, -0.05) is 0 Å². The van der Waals surface area contributed by atoms with E-state index in [1.807, 2.05) is 0 Å². The molecule has 0 aromatic heterocycles. The summed E-state index contributed by atoms with van der Waals surface area (Å²) in [6.07, 6.45) is 0.782. The lowest BCUT2D eigenvalue weighted by Gasteiger charge is -2.11. The number of alkyl halides is 2. The van der Waals surface area contributed by atoms with Gasteiger partial charge in [-0.25, -0.2) is 21.9 Å². The van der Waals surface area contributed by atoms with Gasteiger partial charge >= 0.3 is 0 Å². The fourth-order valence-electron chi connectivity index (χ4n) is 2.48. The maximum atomic E-state index is 12.8. The van der Waals surface area contributed by atoms with E-state index in [1.165, 1.54) is 18.2 Å². The van der Waals surface area contributed by atoms with Crippen LogP contribution in [0.25, 0.3) is 0 Å². The molecule has 1 fully saturated rings. The molecular weight excluding hydrogens is 330 g/mol. The molecule has 2 aliphatic rings. The second-order valence-corrected chi connectivity index (χ2v) is 7.39. The molecule has 6 nitrogen and oxygen atoms in total. The minimum absolute atomic E-state index is 0.149. The summed E-state index contributed by atoms with van der Waals surface area (Å²) < 4.78 is 51.7. The Labute approximate surface area is 131 Å². The van der Waals surface area contributed by atoms with Crippen LogP contribution in [-0.4, -0.2) is 26.2 Å². The molecule has 1 unspecified atom stereocenters. The monoisotopic (exact) mass is 344 g/mol. The van der Waals surface area contributed by atoms with Crippen LogP contribution in [0.5, 0.6) is 0 Å². The molecule has 1 aliphatic carbocycles. The van der Waals surface area contributed by atoms with Gasteiger partial charge in [0.1, 0.15) is 5.92 Å². The van der Waals surface area contributed by atoms with Crippen LogP contribution in [0.2, 0.25) is 0 Å². The first-order valence-corrected chi connectivity index (χ1v) is 8.55. The summed E-state index contributed by atoms with van der Waals surface area (Å²) in [5, 5.41) is 2.66. The number of fused-ring (bicyclic) bond motifs is 1. The third-order valence-electron chi connectivity index (χ3n) is 3.89. The summed E-state index contributed by atoms with van der Waals surface area (Å²) in [4.78, 5) is 22.8. The minimum atomic E-state index is -4.22. The van der Waals surface area contributed by atoms with Crippen molar-refractivity contribution in [3.63, 3.8) is 0 Å². The molecule has 2 amide bonds. The van der Waals surface area contributed by atoms with Crippen molar-refractivity contribution >= 4 is 27.5 Å². The molecule has 1 aliphatic heterocycles. The van der Waals surface area contributed by atoms with Crippen LogP contribution in [0.3, 0.4) is 0 Å². The number of anilines is 1. The number of aryl methyl sites for hydroxylation is 1. The van der Waals surface area contributed by atoms with Crippen molar-refractivity contribution in [1.82, 2.24) is 4.72 Å². The summed E-state index contributed by atoms with van der Waals surface area (Å²) in [5.41, 5.74) is 1.15. The molecule has 0 spiro atoms. The van der Waals surface area contributed by atoms with Crippen molar-refractivity contribution in [3.8, 4) is 0 Å². The van der Waals surface area contributed by atoms with E-state index in [0.717, 1.165) is 0 Å². The molecule has 0 saturated heterocycles. The maximum Gasteiger partial charge on any atom is 0.264 e. The van der Waals surface area contributed by atoms with E-state index < -0.39 is 34.2 Å². The van der Waals surface area contributed by atoms with Crippen molar-refractivity contribution < 1.29 is 26.8 Å². The minimum Gasteiger partial charge on any atom is -0.326 e. The lowest BCUT2D eigenvalue weighted by Crippen LogP contribution is -2.33. The molecule has 1 aromatic rings. The number of hydrogen-bond acceptors (Lipinski definition) is 4. The maximum absolute atomic E-state index is 12.8. The van der Waals surface area contributed by atoms with Gasteiger partial charge < -0.3 is 5.32 Å². The third kappa shape index (κ3) is 3.19. The molecule has 0 radical (unpaired) electrons. The highest BCUT2D eigenvalue weighted by Crippen LogP contribution is 2.48. The summed E-state index contributed by atoms with van der Waals surface area (Å²) in [6, 6.07) is 4.01. The van der Waals surface area contributed by atoms with Gasteiger partial charge in [0.15, 0.2) is 0 Å². The normalized spacial score (nSPS) is 22.5. The number of nitrogens with one attached hydrogen (secondary N) is 2. The third-order valence-corrected chi connectivity index (χ3v) is 5.23. The number of benzene rings is 1. The quantitative estimate of drug-likeness (QED) is 0.867. The zero-order valence-electron chi connectivity index (χ0n) is 11.9. The molecule has 1 saturated carbocycles. The summed E-state index contributed by atoms with van der Waals surface area (Å²) in [5.74, 6) is -6.06. The number of halogens is 2. The van der Waals surface area contributed by atoms with Gasteiger partial charge in [-0.2, -0.15) is 0 Å². The molecule has 3 rings (SSSR count). The van der Waals surface area contributed by atoms with E-state index in [1.54, 1.807) is 4.72 Å². The Morgan fingerprint density at radius 3 is 2.65 bits per heavy atom. The lowest BCUT2D eigenvalue weighted by molar-refractivity contribution is -0.122. The lowest BCUT2D eigenvalue weighted by atomic mass is 10.1. The number of carbonyl (C=O) groups is 2. The topological polar surface area (TPSA) is 92.3 Å². The van der Waals surface area contributed by atoms with Gasteiger partial charge in [0.2, 0.25) is 11.8 Å². The predicted molar refractivity (Wildman–Crippen MR) is 76.4 cm³/mol. The van der Waals surface area contributed by atoms with E-state index in [0.29, 0.717) is 30.5 Å². The molecular formula is C14H14F2N2O4S. The zero-order chi connectivity index (χ0) is 16.8. The Balaban J connectivity index is 1.82. The molecule has 1 atom stereocenters. The van der Waals surface area contributed by atoms with Gasteiger partial charge in [0.05, 0.1) is 4.90 Å². The van der Waals surface area contributed by atoms with Crippen molar-refractivity contribution in [1.29, 1.82) is 0 Å².